The number of methoxy groups -OCH3 is 2. The Balaban J connectivity index is 0.000000585. The number of fused-ring (bicyclic) bond motifs is 2. The van der Waals surface area contributed by atoms with E-state index in [2.05, 4.69) is 72.0 Å². The topological polar surface area (TPSA) is 196 Å². The zero-order valence-corrected chi connectivity index (χ0v) is 39.2. The van der Waals surface area contributed by atoms with Gasteiger partial charge in [0, 0.05) is 30.6 Å². The number of nitrogens with zero attached hydrogens (tertiary/aromatic N) is 4. The van der Waals surface area contributed by atoms with Crippen molar-refractivity contribution in [3.05, 3.63) is 66.5 Å². The van der Waals surface area contributed by atoms with Crippen LogP contribution in [0.5, 0.6) is 0 Å². The van der Waals surface area contributed by atoms with Crippen molar-refractivity contribution < 1.29 is 28.7 Å². The van der Waals surface area contributed by atoms with Crippen molar-refractivity contribution >= 4 is 46.2 Å². The Labute approximate surface area is 384 Å². The standard InChI is InChI=1S/C40H49N9O4.C6H12.C2H4O2.C2H6/c1-41-24-36(50)42-17-7-6-12-35-44-22-32(45-35)29-16-14-26-19-28(15-13-27(26)20-29)30-21-31-33(23-43-30)47-38(46-31)34-11-8-18-49(34)39(51)37(48-40(52)53-2)25-9-4-3-5-10-25;1-2-4-6-5-3-1;1-4-2-3;1-2/h13-16,19-23,25,34,37,41H,3-12,17-18,24H2,1-2H3,(H,42,50)(H,44,45)(H,46,47)(H,48,52);1-6H2;2H,1H3;1-2H3. The maximum absolute atomic E-state index is 14.0. The van der Waals surface area contributed by atoms with Crippen LogP contribution in [0.1, 0.15) is 128 Å². The molecule has 8 rings (SSSR count). The van der Waals surface area contributed by atoms with Gasteiger partial charge in [-0.25, -0.2) is 14.8 Å². The highest BCUT2D eigenvalue weighted by Gasteiger charge is 2.40. The maximum atomic E-state index is 14.0. The summed E-state index contributed by atoms with van der Waals surface area (Å²) in [4.78, 5) is 70.0. The van der Waals surface area contributed by atoms with E-state index in [-0.39, 0.29) is 23.8 Å². The number of ether oxygens (including phenoxy) is 2. The first-order chi connectivity index (χ1) is 31.8. The number of carbonyl (C=O) groups is 4. The molecular weight excluding hydrogens is 823 g/mol. The molecule has 3 amide bonds. The number of benzene rings is 2. The van der Waals surface area contributed by atoms with E-state index in [1.807, 2.05) is 37.2 Å². The van der Waals surface area contributed by atoms with Crippen LogP contribution < -0.4 is 16.0 Å². The summed E-state index contributed by atoms with van der Waals surface area (Å²) in [5.74, 6) is 1.73. The number of likely N-dealkylation sites (N-methyl/N-ethyl adjacent to an activating group) is 1. The van der Waals surface area contributed by atoms with E-state index in [4.69, 9.17) is 19.5 Å². The number of imidazole rings is 2. The Kier molecular flexibility index (Phi) is 20.7. The third-order valence-electron chi connectivity index (χ3n) is 12.3. The van der Waals surface area contributed by atoms with E-state index in [9.17, 15) is 14.4 Å². The highest BCUT2D eigenvalue weighted by molar-refractivity contribution is 5.91. The molecule has 5 aromatic rings. The molecule has 4 heterocycles. The first-order valence-corrected chi connectivity index (χ1v) is 23.8. The van der Waals surface area contributed by atoms with Crippen LogP contribution in [-0.4, -0.2) is 101 Å². The van der Waals surface area contributed by atoms with Gasteiger partial charge in [-0.15, -0.1) is 0 Å². The van der Waals surface area contributed by atoms with Gasteiger partial charge in [-0.05, 0) is 80.5 Å². The van der Waals surface area contributed by atoms with Crippen molar-refractivity contribution in [3.8, 4) is 22.5 Å². The number of pyridine rings is 1. The predicted molar refractivity (Wildman–Crippen MR) is 256 cm³/mol. The second-order valence-corrected chi connectivity index (χ2v) is 16.7. The number of alkyl carbamates (subject to hydrolysis) is 1. The molecule has 3 aromatic heterocycles. The molecule has 2 aromatic carbocycles. The minimum absolute atomic E-state index is 0.0122. The summed E-state index contributed by atoms with van der Waals surface area (Å²) in [6, 6.07) is 13.9. The lowest BCUT2D eigenvalue weighted by Gasteiger charge is -2.34. The normalized spacial score (nSPS) is 16.4. The molecule has 15 nitrogen and oxygen atoms in total. The first kappa shape index (κ1) is 50.2. The lowest BCUT2D eigenvalue weighted by molar-refractivity contribution is -0.136. The van der Waals surface area contributed by atoms with E-state index >= 15 is 0 Å². The third kappa shape index (κ3) is 14.6. The molecule has 65 heavy (non-hydrogen) atoms. The number of nitrogens with one attached hydrogen (secondary N) is 5. The molecule has 1 saturated heterocycles. The second-order valence-electron chi connectivity index (χ2n) is 16.7. The molecule has 5 N–H and O–H groups in total. The summed E-state index contributed by atoms with van der Waals surface area (Å²) >= 11 is 0. The van der Waals surface area contributed by atoms with Crippen LogP contribution in [-0.2, 0) is 30.3 Å². The monoisotopic (exact) mass is 894 g/mol. The molecule has 3 aliphatic rings. The Hall–Kier alpha value is -5.83. The van der Waals surface area contributed by atoms with E-state index in [0.29, 0.717) is 26.1 Å². The number of unbranched alkanes of at least 4 members (excludes halogenated alkanes) is 1. The minimum Gasteiger partial charge on any atom is -0.471 e. The highest BCUT2D eigenvalue weighted by atomic mass is 16.5. The van der Waals surface area contributed by atoms with Crippen molar-refractivity contribution in [1.29, 1.82) is 0 Å². The number of hydrogen-bond donors (Lipinski definition) is 5. The average Bonchev–Trinajstić information content (AvgIpc) is 4.15. The third-order valence-corrected chi connectivity index (χ3v) is 12.3. The second kappa shape index (κ2) is 26.8. The van der Waals surface area contributed by atoms with Crippen LogP contribution in [0.4, 0.5) is 4.79 Å². The van der Waals surface area contributed by atoms with Gasteiger partial charge < -0.3 is 40.3 Å². The summed E-state index contributed by atoms with van der Waals surface area (Å²) in [7, 11) is 4.41. The summed E-state index contributed by atoms with van der Waals surface area (Å²) in [6.07, 6.45) is 21.6. The highest BCUT2D eigenvalue weighted by Crippen LogP contribution is 2.36. The van der Waals surface area contributed by atoms with E-state index in [0.717, 1.165) is 120 Å². The minimum atomic E-state index is -0.604. The molecule has 2 atom stereocenters. The zero-order valence-electron chi connectivity index (χ0n) is 39.2. The van der Waals surface area contributed by atoms with Gasteiger partial charge in [0.15, 0.2) is 0 Å². The predicted octanol–water partition coefficient (Wildman–Crippen LogP) is 8.95. The smallest absolute Gasteiger partial charge is 0.407 e. The molecule has 0 radical (unpaired) electrons. The number of aryl methyl sites for hydroxylation is 1. The van der Waals surface area contributed by atoms with Crippen molar-refractivity contribution in [2.45, 2.75) is 129 Å². The van der Waals surface area contributed by atoms with Crippen LogP contribution in [0.2, 0.25) is 0 Å². The summed E-state index contributed by atoms with van der Waals surface area (Å²) in [6.45, 7) is 5.99. The maximum Gasteiger partial charge on any atom is 0.407 e. The molecule has 352 valence electrons. The van der Waals surface area contributed by atoms with Gasteiger partial charge in [0.25, 0.3) is 6.47 Å². The number of aromatic amines is 2. The molecule has 1 aliphatic heterocycles. The van der Waals surface area contributed by atoms with Gasteiger partial charge in [-0.1, -0.05) is 95.9 Å². The lowest BCUT2D eigenvalue weighted by atomic mass is 9.83. The van der Waals surface area contributed by atoms with Gasteiger partial charge in [-0.2, -0.15) is 0 Å². The SMILES string of the molecule is C1CCCCC1.CC.CNCC(=O)NCCCCc1ncc(-c2ccc3cc(-c4cc5nc(C6CCCN6C(=O)C(NC(=O)OC)C6CCCCC6)[nH]c5cn4)ccc3c2)[nH]1.COC=O. The molecule has 3 fully saturated rings. The van der Waals surface area contributed by atoms with Crippen molar-refractivity contribution in [2.24, 2.45) is 5.92 Å². The van der Waals surface area contributed by atoms with Gasteiger partial charge in [0.05, 0.1) is 61.6 Å². The molecule has 2 unspecified atom stereocenters. The van der Waals surface area contributed by atoms with E-state index in [1.54, 1.807) is 7.05 Å². The van der Waals surface area contributed by atoms with Crippen LogP contribution in [0, 0.1) is 5.92 Å². The average molecular weight is 894 g/mol. The number of aromatic nitrogens is 5. The fourth-order valence-corrected chi connectivity index (χ4v) is 8.91. The Morgan fingerprint density at radius 3 is 2.15 bits per heavy atom. The van der Waals surface area contributed by atoms with Gasteiger partial charge in [0.2, 0.25) is 11.8 Å². The van der Waals surface area contributed by atoms with E-state index in [1.165, 1.54) is 52.7 Å². The number of carbonyl (C=O) groups excluding carboxylic acids is 4. The fraction of sp³-hybridized carbons (Fsp3) is 0.540. The summed E-state index contributed by atoms with van der Waals surface area (Å²) < 4.78 is 8.76. The molecule has 15 heteroatoms. The van der Waals surface area contributed by atoms with Crippen LogP contribution in [0.15, 0.2) is 54.9 Å². The van der Waals surface area contributed by atoms with Crippen LogP contribution in [0.3, 0.4) is 0 Å². The van der Waals surface area contributed by atoms with Crippen molar-refractivity contribution in [2.75, 3.05) is 40.9 Å². The number of rotatable bonds is 14. The summed E-state index contributed by atoms with van der Waals surface area (Å²) in [5.41, 5.74) is 5.47. The molecule has 0 spiro atoms. The number of amides is 3. The Bertz CT molecular complexity index is 2230. The summed E-state index contributed by atoms with van der Waals surface area (Å²) in [5, 5.41) is 10.8. The molecule has 2 aliphatic carbocycles. The molecule has 0 bridgehead atoms. The van der Waals surface area contributed by atoms with Gasteiger partial charge in [-0.3, -0.25) is 19.4 Å². The fourth-order valence-electron chi connectivity index (χ4n) is 8.91. The Morgan fingerprint density at radius 1 is 0.831 bits per heavy atom. The number of hydrogen-bond acceptors (Lipinski definition) is 10. The molecule has 2 saturated carbocycles. The van der Waals surface area contributed by atoms with Crippen LogP contribution in [0.25, 0.3) is 44.3 Å². The molecular formula is C50H71N9O6. The Morgan fingerprint density at radius 2 is 1.49 bits per heavy atom. The number of likely N-dealkylation sites (tertiary alicyclic amines) is 1. The quantitative estimate of drug-likeness (QED) is 0.0530. The van der Waals surface area contributed by atoms with Crippen molar-refractivity contribution in [3.63, 3.8) is 0 Å². The van der Waals surface area contributed by atoms with Crippen molar-refractivity contribution in [1.82, 2.24) is 45.8 Å². The first-order valence-electron chi connectivity index (χ1n) is 23.8. The lowest BCUT2D eigenvalue weighted by Crippen LogP contribution is -2.52. The number of H-pyrrole nitrogens is 2. The van der Waals surface area contributed by atoms with Gasteiger partial charge >= 0.3 is 6.09 Å². The zero-order chi connectivity index (χ0) is 46.4. The van der Waals surface area contributed by atoms with Crippen LogP contribution >= 0.6 is 0 Å². The largest absolute Gasteiger partial charge is 0.471 e. The van der Waals surface area contributed by atoms with E-state index < -0.39 is 12.1 Å². The van der Waals surface area contributed by atoms with Gasteiger partial charge in [0.1, 0.15) is 17.7 Å².